The summed E-state index contributed by atoms with van der Waals surface area (Å²) >= 11 is 0. The first kappa shape index (κ1) is 15.9. The van der Waals surface area contributed by atoms with Gasteiger partial charge >= 0.3 is 0 Å². The zero-order chi connectivity index (χ0) is 19.1. The Morgan fingerprint density at radius 1 is 1.23 bits per heavy atom. The molecule has 2 N–H and O–H groups in total. The number of hydrogen-bond acceptors (Lipinski definition) is 5. The van der Waals surface area contributed by atoms with Crippen LogP contribution in [0.25, 0.3) is 0 Å². The molecule has 26 heavy (non-hydrogen) atoms. The van der Waals surface area contributed by atoms with Crippen molar-refractivity contribution in [2.45, 2.75) is 32.0 Å². The molecule has 8 heteroatoms. The van der Waals surface area contributed by atoms with Crippen LogP contribution in [0.15, 0.2) is 12.1 Å². The Balaban J connectivity index is 1.51. The first-order valence-electron chi connectivity index (χ1n) is 9.29. The number of piperidine rings is 1. The van der Waals surface area contributed by atoms with Gasteiger partial charge in [0, 0.05) is 56.8 Å². The highest BCUT2D eigenvalue weighted by Crippen LogP contribution is 2.29. The molecule has 3 aliphatic heterocycles. The van der Waals surface area contributed by atoms with Crippen molar-refractivity contribution in [3.8, 4) is 0 Å². The van der Waals surface area contributed by atoms with Crippen LogP contribution in [0.3, 0.4) is 0 Å². The Morgan fingerprint density at radius 2 is 2.00 bits per heavy atom. The van der Waals surface area contributed by atoms with Crippen LogP contribution in [0, 0.1) is 5.82 Å². The lowest BCUT2D eigenvalue weighted by molar-refractivity contribution is -0.136. The topological polar surface area (TPSA) is 81.8 Å². The zero-order valence-electron chi connectivity index (χ0n) is 15.3. The number of rotatable bonds is 3. The van der Waals surface area contributed by atoms with E-state index in [9.17, 15) is 18.8 Å². The van der Waals surface area contributed by atoms with Gasteiger partial charge in [0.2, 0.25) is 11.8 Å². The molecule has 7 nitrogen and oxygen atoms in total. The van der Waals surface area contributed by atoms with E-state index in [1.807, 2.05) is 0 Å². The third kappa shape index (κ3) is 3.10. The average molecular weight is 361 g/mol. The summed E-state index contributed by atoms with van der Waals surface area (Å²) in [6.45, 7) is 3.30. The molecule has 1 unspecified atom stereocenters. The maximum Gasteiger partial charge on any atom is 0.255 e. The molecule has 138 valence electrons. The summed E-state index contributed by atoms with van der Waals surface area (Å²) < 4.78 is 22.2. The lowest BCUT2D eigenvalue weighted by Gasteiger charge is -2.29. The van der Waals surface area contributed by atoms with E-state index in [4.69, 9.17) is 1.41 Å². The minimum atomic E-state index is -0.695. The number of carbonyl (C=O) groups excluding carboxylic acids is 3. The molecule has 3 amide bonds. The summed E-state index contributed by atoms with van der Waals surface area (Å²) in [4.78, 5) is 39.6. The van der Waals surface area contributed by atoms with Crippen LogP contribution in [0.1, 0.15) is 34.3 Å². The molecule has 1 aromatic carbocycles. The monoisotopic (exact) mass is 361 g/mol. The quantitative estimate of drug-likeness (QED) is 0.741. The minimum absolute atomic E-state index is 0.193. The summed E-state index contributed by atoms with van der Waals surface area (Å²) in [5.41, 5.74) is 1.52. The van der Waals surface area contributed by atoms with E-state index in [0.717, 1.165) is 0 Å². The number of halogens is 1. The summed E-state index contributed by atoms with van der Waals surface area (Å²) in [5, 5.41) is 3.75. The molecular formula is C18H21FN4O3. The second-order valence-corrected chi connectivity index (χ2v) is 6.95. The Morgan fingerprint density at radius 3 is 2.73 bits per heavy atom. The number of nitrogens with one attached hydrogen (secondary N) is 2. The van der Waals surface area contributed by atoms with E-state index in [1.165, 1.54) is 16.3 Å². The first-order valence-corrected chi connectivity index (χ1v) is 8.84. The van der Waals surface area contributed by atoms with Gasteiger partial charge in [-0.3, -0.25) is 24.6 Å². The fourth-order valence-electron chi connectivity index (χ4n) is 3.81. The standard InChI is InChI=1S/C18H21FN4O3/c19-14-8-13-11(7-12(14)9-22-5-3-20-4-6-22)10-23(18(13)26)15-1-2-16(24)21-17(15)25/h7-8,15,20H,1-6,9-10H2,(H,21,24,25)/i/hD. The molecule has 2 saturated heterocycles. The number of benzene rings is 1. The van der Waals surface area contributed by atoms with Crippen LogP contribution in [0.2, 0.25) is 1.41 Å². The number of carbonyl (C=O) groups is 3. The maximum atomic E-state index is 14.6. The molecule has 0 bridgehead atoms. The van der Waals surface area contributed by atoms with Gasteiger partial charge in [0.25, 0.3) is 5.91 Å². The van der Waals surface area contributed by atoms with Gasteiger partial charge in [-0.25, -0.2) is 4.39 Å². The molecule has 3 heterocycles. The van der Waals surface area contributed by atoms with Crippen molar-refractivity contribution < 1.29 is 20.2 Å². The third-order valence-corrected chi connectivity index (χ3v) is 5.23. The van der Waals surface area contributed by atoms with Crippen LogP contribution >= 0.6 is 0 Å². The van der Waals surface area contributed by atoms with Gasteiger partial charge in [-0.1, -0.05) is 0 Å². The molecule has 0 saturated carbocycles. The highest BCUT2D eigenvalue weighted by Gasteiger charge is 2.39. The van der Waals surface area contributed by atoms with Gasteiger partial charge in [0.05, 0.1) is 0 Å². The molecule has 0 aromatic heterocycles. The molecule has 1 aromatic rings. The number of imide groups is 1. The molecule has 3 aliphatic rings. The Hall–Kier alpha value is -2.32. The normalized spacial score (nSPS) is 25.3. The second kappa shape index (κ2) is 6.77. The van der Waals surface area contributed by atoms with Crippen LogP contribution in [-0.2, 0) is 22.7 Å². The summed E-state index contributed by atoms with van der Waals surface area (Å²) in [7, 11) is 0. The van der Waals surface area contributed by atoms with Crippen molar-refractivity contribution in [2.24, 2.45) is 0 Å². The predicted octanol–water partition coefficient (Wildman–Crippen LogP) is -0.00810. The lowest BCUT2D eigenvalue weighted by Crippen LogP contribution is -2.52. The number of fused-ring (bicyclic) bond motifs is 1. The number of amides is 3. The predicted molar refractivity (Wildman–Crippen MR) is 90.6 cm³/mol. The molecule has 2 fully saturated rings. The number of piperazine rings is 1. The Labute approximate surface area is 152 Å². The molecule has 4 rings (SSSR count). The number of nitrogens with zero attached hydrogens (tertiary/aromatic N) is 2. The van der Waals surface area contributed by atoms with Crippen molar-refractivity contribution in [1.82, 2.24) is 20.4 Å². The molecular weight excluding hydrogens is 339 g/mol. The van der Waals surface area contributed by atoms with Crippen LogP contribution in [-0.4, -0.2) is 59.7 Å². The zero-order valence-corrected chi connectivity index (χ0v) is 14.3. The van der Waals surface area contributed by atoms with Gasteiger partial charge < -0.3 is 10.2 Å². The van der Waals surface area contributed by atoms with E-state index < -0.39 is 17.8 Å². The van der Waals surface area contributed by atoms with E-state index >= 15 is 0 Å². The van der Waals surface area contributed by atoms with Gasteiger partial charge in [0.15, 0.2) is 0 Å². The minimum Gasteiger partial charge on any atom is -0.322 e. The lowest BCUT2D eigenvalue weighted by atomic mass is 10.0. The third-order valence-electron chi connectivity index (χ3n) is 5.23. The Kier molecular flexibility index (Phi) is 4.14. The molecule has 0 radical (unpaired) electrons. The van der Waals surface area contributed by atoms with E-state index in [1.54, 1.807) is 6.07 Å². The van der Waals surface area contributed by atoms with Gasteiger partial charge in [-0.2, -0.15) is 0 Å². The van der Waals surface area contributed by atoms with E-state index in [2.05, 4.69) is 10.2 Å². The van der Waals surface area contributed by atoms with Crippen LogP contribution in [0.5, 0.6) is 0 Å². The van der Waals surface area contributed by atoms with E-state index in [0.29, 0.717) is 43.9 Å². The van der Waals surface area contributed by atoms with Crippen LogP contribution < -0.4 is 10.6 Å². The molecule has 1 atom stereocenters. The van der Waals surface area contributed by atoms with Crippen molar-refractivity contribution in [3.63, 3.8) is 0 Å². The number of hydrogen-bond donors (Lipinski definition) is 2. The smallest absolute Gasteiger partial charge is 0.255 e. The second-order valence-electron chi connectivity index (χ2n) is 6.95. The summed E-state index contributed by atoms with van der Waals surface area (Å²) in [5.74, 6) is -1.60. The highest BCUT2D eigenvalue weighted by molar-refractivity contribution is 6.05. The SMILES string of the molecule is [2H]N1CCN(Cc2cc3c(cc2F)C(=O)N(C2CCC(=O)NC2=O)C3)CC1. The summed E-state index contributed by atoms with van der Waals surface area (Å²) in [6, 6.07) is 2.28. The van der Waals surface area contributed by atoms with Crippen molar-refractivity contribution in [3.05, 3.63) is 34.6 Å². The van der Waals surface area contributed by atoms with E-state index in [-0.39, 0.29) is 36.8 Å². The van der Waals surface area contributed by atoms with Crippen molar-refractivity contribution in [2.75, 3.05) is 26.2 Å². The largest absolute Gasteiger partial charge is 0.322 e. The van der Waals surface area contributed by atoms with Gasteiger partial charge in [-0.05, 0) is 24.1 Å². The molecule has 0 spiro atoms. The highest BCUT2D eigenvalue weighted by atomic mass is 19.1. The average Bonchev–Trinajstić information content (AvgIpc) is 2.93. The van der Waals surface area contributed by atoms with Crippen molar-refractivity contribution >= 4 is 17.7 Å². The van der Waals surface area contributed by atoms with Crippen molar-refractivity contribution in [1.29, 1.82) is 0 Å². The van der Waals surface area contributed by atoms with Crippen LogP contribution in [0.4, 0.5) is 4.39 Å². The van der Waals surface area contributed by atoms with Gasteiger partial charge in [-0.15, -0.1) is 0 Å². The van der Waals surface area contributed by atoms with Gasteiger partial charge in [0.1, 0.15) is 13.3 Å². The molecule has 0 aliphatic carbocycles. The fraction of sp³-hybridized carbons (Fsp3) is 0.500. The Bertz CT molecular complexity index is 810. The first-order chi connectivity index (χ1) is 12.9. The summed E-state index contributed by atoms with van der Waals surface area (Å²) in [6.07, 6.45) is 0.481. The maximum absolute atomic E-state index is 14.6. The fourth-order valence-corrected chi connectivity index (χ4v) is 3.81.